The van der Waals surface area contributed by atoms with E-state index in [-0.39, 0.29) is 5.92 Å². The first kappa shape index (κ1) is 24.2. The molecule has 0 spiro atoms. The van der Waals surface area contributed by atoms with Crippen molar-refractivity contribution in [1.29, 1.82) is 5.26 Å². The summed E-state index contributed by atoms with van der Waals surface area (Å²) in [6.45, 7) is 4.37. The van der Waals surface area contributed by atoms with Crippen molar-refractivity contribution in [2.45, 2.75) is 110 Å². The van der Waals surface area contributed by atoms with Crippen LogP contribution < -0.4 is 0 Å². The number of nitrogens with zero attached hydrogens (tertiary/aromatic N) is 1. The number of hydrogen-bond donors (Lipinski definition) is 0. The molecule has 2 saturated carbocycles. The van der Waals surface area contributed by atoms with Gasteiger partial charge >= 0.3 is 0 Å². The fraction of sp³-hybridized carbons (Fsp3) is 0.750. The third-order valence-electron chi connectivity index (χ3n) is 8.50. The second-order valence-electron chi connectivity index (χ2n) is 10.4. The van der Waals surface area contributed by atoms with Crippen molar-refractivity contribution in [2.75, 3.05) is 0 Å². The Morgan fingerprint density at radius 2 is 1.42 bits per heavy atom. The summed E-state index contributed by atoms with van der Waals surface area (Å²) in [5.41, 5.74) is 0.244. The molecule has 0 N–H and O–H groups in total. The highest BCUT2D eigenvalue weighted by Crippen LogP contribution is 2.45. The Kier molecular flexibility index (Phi) is 9.36. The van der Waals surface area contributed by atoms with Gasteiger partial charge in [0.25, 0.3) is 0 Å². The van der Waals surface area contributed by atoms with E-state index >= 15 is 0 Å². The van der Waals surface area contributed by atoms with Gasteiger partial charge in [0.05, 0.1) is 0 Å². The van der Waals surface area contributed by atoms with Crippen molar-refractivity contribution in [1.82, 2.24) is 0 Å². The smallest absolute Gasteiger partial charge is 0.144 e. The lowest BCUT2D eigenvalue weighted by Crippen LogP contribution is -2.27. The summed E-state index contributed by atoms with van der Waals surface area (Å²) >= 11 is 0. The van der Waals surface area contributed by atoms with Crippen LogP contribution in [0, 0.1) is 46.6 Å². The van der Waals surface area contributed by atoms with Crippen molar-refractivity contribution in [3.05, 3.63) is 34.9 Å². The molecule has 2 fully saturated rings. The molecular weight excluding hydrogens is 388 g/mol. The molecule has 0 radical (unpaired) electrons. The molecule has 0 saturated heterocycles. The van der Waals surface area contributed by atoms with E-state index in [1.165, 1.54) is 89.2 Å². The molecule has 172 valence electrons. The second-order valence-corrected chi connectivity index (χ2v) is 10.4. The van der Waals surface area contributed by atoms with E-state index in [0.717, 1.165) is 30.6 Å². The van der Waals surface area contributed by atoms with Gasteiger partial charge in [-0.25, -0.2) is 8.78 Å². The third-order valence-corrected chi connectivity index (χ3v) is 8.50. The molecule has 0 amide bonds. The Hall–Kier alpha value is -1.43. The summed E-state index contributed by atoms with van der Waals surface area (Å²) in [6.07, 6.45) is 19.0. The van der Waals surface area contributed by atoms with E-state index in [1.54, 1.807) is 6.07 Å². The van der Waals surface area contributed by atoms with E-state index in [0.29, 0.717) is 11.5 Å². The highest BCUT2D eigenvalue weighted by atomic mass is 19.1. The monoisotopic (exact) mass is 429 g/mol. The van der Waals surface area contributed by atoms with Crippen molar-refractivity contribution in [3.8, 4) is 6.07 Å². The topological polar surface area (TPSA) is 23.8 Å². The minimum Gasteiger partial charge on any atom is -0.205 e. The molecule has 2 aliphatic rings. The number of benzene rings is 1. The maximum Gasteiger partial charge on any atom is 0.144 e. The van der Waals surface area contributed by atoms with E-state index in [4.69, 9.17) is 5.26 Å². The zero-order valence-corrected chi connectivity index (χ0v) is 19.6. The molecule has 0 aromatic heterocycles. The van der Waals surface area contributed by atoms with Gasteiger partial charge in [0, 0.05) is 0 Å². The van der Waals surface area contributed by atoms with Gasteiger partial charge in [-0.1, -0.05) is 65.2 Å². The minimum absolute atomic E-state index is 0.140. The Balaban J connectivity index is 1.42. The average molecular weight is 430 g/mol. The summed E-state index contributed by atoms with van der Waals surface area (Å²) in [6, 6.07) is 4.38. The molecule has 1 aromatic rings. The van der Waals surface area contributed by atoms with Gasteiger partial charge in [-0.15, -0.1) is 0 Å². The number of hydrogen-bond acceptors (Lipinski definition) is 1. The van der Waals surface area contributed by atoms with Crippen molar-refractivity contribution < 1.29 is 8.78 Å². The zero-order chi connectivity index (χ0) is 22.2. The molecule has 1 atom stereocenters. The van der Waals surface area contributed by atoms with E-state index < -0.39 is 17.2 Å². The summed E-state index contributed by atoms with van der Waals surface area (Å²) in [5.74, 6) is 1.90. The Labute approximate surface area is 188 Å². The second kappa shape index (κ2) is 12.0. The fourth-order valence-electron chi connectivity index (χ4n) is 6.34. The van der Waals surface area contributed by atoms with Crippen LogP contribution in [-0.4, -0.2) is 0 Å². The van der Waals surface area contributed by atoms with Crippen molar-refractivity contribution >= 4 is 0 Å². The number of unbranched alkanes of at least 4 members (excludes halogenated alkanes) is 4. The maximum atomic E-state index is 14.0. The van der Waals surface area contributed by atoms with Crippen molar-refractivity contribution in [2.24, 2.45) is 23.7 Å². The van der Waals surface area contributed by atoms with Gasteiger partial charge in [-0.05, 0) is 85.8 Å². The molecule has 2 aliphatic carbocycles. The molecule has 0 aliphatic heterocycles. The van der Waals surface area contributed by atoms with Crippen LogP contribution in [-0.2, 0) is 0 Å². The first-order valence-corrected chi connectivity index (χ1v) is 12.9. The average Bonchev–Trinajstić information content (AvgIpc) is 2.79. The Morgan fingerprint density at radius 3 is 1.97 bits per heavy atom. The van der Waals surface area contributed by atoms with Gasteiger partial charge in [0.2, 0.25) is 0 Å². The summed E-state index contributed by atoms with van der Waals surface area (Å²) in [5, 5.41) is 8.89. The van der Waals surface area contributed by atoms with Crippen LogP contribution in [0.5, 0.6) is 0 Å². The third kappa shape index (κ3) is 6.53. The van der Waals surface area contributed by atoms with Gasteiger partial charge in [-0.3, -0.25) is 0 Å². The first-order valence-electron chi connectivity index (χ1n) is 12.9. The Bertz CT molecular complexity index is 698. The van der Waals surface area contributed by atoms with Crippen LogP contribution in [0.4, 0.5) is 8.78 Å². The van der Waals surface area contributed by atoms with E-state index in [1.807, 2.05) is 0 Å². The molecule has 1 aromatic carbocycles. The molecule has 0 heterocycles. The standard InChI is InChI=1S/C28H41F2N/c1-3-4-5-6-7-8-21-9-11-23(12-10-21)24-15-13-22(14-16-24)20(2)25-17-27(29)26(19-31)28(30)18-25/h17-18,20-24H,3-16H2,1-2H3. The lowest BCUT2D eigenvalue weighted by Gasteiger charge is -2.39. The summed E-state index contributed by atoms with van der Waals surface area (Å²) in [4.78, 5) is 0. The van der Waals surface area contributed by atoms with Crippen LogP contribution in [0.2, 0.25) is 0 Å². The quantitative estimate of drug-likeness (QED) is 0.359. The van der Waals surface area contributed by atoms with Crippen molar-refractivity contribution in [3.63, 3.8) is 0 Å². The van der Waals surface area contributed by atoms with Gasteiger partial charge in [-0.2, -0.15) is 5.26 Å². The van der Waals surface area contributed by atoms with Crippen LogP contribution >= 0.6 is 0 Å². The summed E-state index contributed by atoms with van der Waals surface area (Å²) in [7, 11) is 0. The largest absolute Gasteiger partial charge is 0.205 e. The highest BCUT2D eigenvalue weighted by Gasteiger charge is 2.33. The lowest BCUT2D eigenvalue weighted by atomic mass is 9.66. The maximum absolute atomic E-state index is 14.0. The lowest BCUT2D eigenvalue weighted by molar-refractivity contribution is 0.136. The van der Waals surface area contributed by atoms with Gasteiger partial charge in [0.1, 0.15) is 23.3 Å². The molecule has 1 unspecified atom stereocenters. The van der Waals surface area contributed by atoms with E-state index in [9.17, 15) is 8.78 Å². The molecule has 3 heteroatoms. The van der Waals surface area contributed by atoms with Crippen LogP contribution in [0.3, 0.4) is 0 Å². The SMILES string of the molecule is CCCCCCCC1CCC(C2CCC(C(C)c3cc(F)c(C#N)c(F)c3)CC2)CC1. The van der Waals surface area contributed by atoms with Crippen LogP contribution in [0.15, 0.2) is 12.1 Å². The minimum atomic E-state index is -0.722. The van der Waals surface area contributed by atoms with Gasteiger partial charge < -0.3 is 0 Å². The van der Waals surface area contributed by atoms with E-state index in [2.05, 4.69) is 13.8 Å². The molecule has 1 nitrogen and oxygen atoms in total. The summed E-state index contributed by atoms with van der Waals surface area (Å²) < 4.78 is 28.1. The number of nitriles is 1. The zero-order valence-electron chi connectivity index (χ0n) is 19.6. The molecule has 31 heavy (non-hydrogen) atoms. The van der Waals surface area contributed by atoms with Gasteiger partial charge in [0.15, 0.2) is 0 Å². The normalized spacial score (nSPS) is 27.6. The van der Waals surface area contributed by atoms with Crippen LogP contribution in [0.25, 0.3) is 0 Å². The van der Waals surface area contributed by atoms with Crippen LogP contribution in [0.1, 0.15) is 121 Å². The highest BCUT2D eigenvalue weighted by molar-refractivity contribution is 5.36. The number of rotatable bonds is 9. The predicted molar refractivity (Wildman–Crippen MR) is 124 cm³/mol. The number of halogens is 2. The molecule has 3 rings (SSSR count). The predicted octanol–water partition coefficient (Wildman–Crippen LogP) is 8.91. The molecule has 0 bridgehead atoms. The molecular formula is C28H41F2N. The Morgan fingerprint density at radius 1 is 0.871 bits per heavy atom. The first-order chi connectivity index (χ1) is 15.0. The fourth-order valence-corrected chi connectivity index (χ4v) is 6.34.